The van der Waals surface area contributed by atoms with Gasteiger partial charge in [0, 0.05) is 36.0 Å². The van der Waals surface area contributed by atoms with Gasteiger partial charge in [0.05, 0.1) is 13.2 Å². The van der Waals surface area contributed by atoms with Gasteiger partial charge in [-0.2, -0.15) is 0 Å². The first-order valence-electron chi connectivity index (χ1n) is 6.96. The number of benzene rings is 1. The Kier molecular flexibility index (Phi) is 8.34. The number of amides is 1. The van der Waals surface area contributed by atoms with Crippen molar-refractivity contribution in [1.29, 1.82) is 0 Å². The van der Waals surface area contributed by atoms with Crippen molar-refractivity contribution < 1.29 is 14.3 Å². The minimum atomic E-state index is -0.0965. The fourth-order valence-corrected chi connectivity index (χ4v) is 2.28. The van der Waals surface area contributed by atoms with Crippen LogP contribution in [0.15, 0.2) is 16.6 Å². The highest BCUT2D eigenvalue weighted by molar-refractivity contribution is 9.10. The third-order valence-electron chi connectivity index (χ3n) is 3.09. The lowest BCUT2D eigenvalue weighted by molar-refractivity contribution is 0.0686. The molecule has 0 bridgehead atoms. The molecule has 1 amide bonds. The van der Waals surface area contributed by atoms with Crippen LogP contribution in [0.1, 0.15) is 28.8 Å². The summed E-state index contributed by atoms with van der Waals surface area (Å²) in [4.78, 5) is 12.1. The molecule has 0 radical (unpaired) electrons. The highest BCUT2D eigenvalue weighted by Crippen LogP contribution is 2.22. The van der Waals surface area contributed by atoms with Crippen LogP contribution in [0.25, 0.3) is 0 Å². The van der Waals surface area contributed by atoms with E-state index in [0.29, 0.717) is 37.6 Å². The number of carbonyl (C=O) groups is 1. The summed E-state index contributed by atoms with van der Waals surface area (Å²) in [6.07, 6.45) is 1.78. The van der Waals surface area contributed by atoms with Gasteiger partial charge >= 0.3 is 0 Å². The van der Waals surface area contributed by atoms with Gasteiger partial charge in [-0.05, 0) is 37.5 Å². The molecule has 118 valence electrons. The Balaban J connectivity index is 2.28. The topological polar surface area (TPSA) is 73.6 Å². The van der Waals surface area contributed by atoms with E-state index < -0.39 is 0 Å². The number of hydrogen-bond donors (Lipinski definition) is 2. The van der Waals surface area contributed by atoms with Crippen LogP contribution in [0.5, 0.6) is 0 Å². The van der Waals surface area contributed by atoms with Crippen LogP contribution in [0.2, 0.25) is 0 Å². The maximum absolute atomic E-state index is 12.1. The van der Waals surface area contributed by atoms with Crippen LogP contribution >= 0.6 is 15.9 Å². The number of unbranched alkanes of at least 4 members (excludes halogenated alkanes) is 1. The predicted octanol–water partition coefficient (Wildman–Crippen LogP) is 2.51. The first-order chi connectivity index (χ1) is 10.1. The minimum absolute atomic E-state index is 0.0965. The van der Waals surface area contributed by atoms with E-state index in [1.165, 1.54) is 0 Å². The second-order valence-electron chi connectivity index (χ2n) is 4.74. The molecule has 1 aromatic carbocycles. The molecule has 0 fully saturated rings. The SMILES string of the molecule is COCCOCCCCNC(=O)c1cc(Br)cc(N)c1C. The number of methoxy groups -OCH3 is 1. The Morgan fingerprint density at radius 2 is 2.05 bits per heavy atom. The second-order valence-corrected chi connectivity index (χ2v) is 5.65. The molecule has 0 aliphatic heterocycles. The lowest BCUT2D eigenvalue weighted by Crippen LogP contribution is -2.25. The standard InChI is InChI=1S/C15H23BrN2O3/c1-11-13(9-12(16)10-14(11)17)15(19)18-5-3-4-6-21-8-7-20-2/h9-10H,3-8,17H2,1-2H3,(H,18,19). The zero-order chi connectivity index (χ0) is 15.7. The summed E-state index contributed by atoms with van der Waals surface area (Å²) >= 11 is 3.35. The molecule has 0 aromatic heterocycles. The molecule has 3 N–H and O–H groups in total. The third-order valence-corrected chi connectivity index (χ3v) is 3.55. The van der Waals surface area contributed by atoms with Crippen LogP contribution in [0.4, 0.5) is 5.69 Å². The summed E-state index contributed by atoms with van der Waals surface area (Å²) in [5.74, 6) is -0.0965. The van der Waals surface area contributed by atoms with Gasteiger partial charge in [0.25, 0.3) is 5.91 Å². The third kappa shape index (κ3) is 6.46. The highest BCUT2D eigenvalue weighted by Gasteiger charge is 2.11. The maximum Gasteiger partial charge on any atom is 0.251 e. The van der Waals surface area contributed by atoms with Crippen molar-refractivity contribution in [2.45, 2.75) is 19.8 Å². The number of nitrogen functional groups attached to an aromatic ring is 1. The van der Waals surface area contributed by atoms with Gasteiger partial charge in [0.1, 0.15) is 0 Å². The average Bonchev–Trinajstić information content (AvgIpc) is 2.45. The molecule has 0 spiro atoms. The largest absolute Gasteiger partial charge is 0.398 e. The Morgan fingerprint density at radius 1 is 1.29 bits per heavy atom. The van der Waals surface area contributed by atoms with Crippen LogP contribution in [0, 0.1) is 6.92 Å². The van der Waals surface area contributed by atoms with Gasteiger partial charge in [-0.15, -0.1) is 0 Å². The summed E-state index contributed by atoms with van der Waals surface area (Å²) in [5, 5.41) is 2.90. The van der Waals surface area contributed by atoms with E-state index in [9.17, 15) is 4.79 Å². The van der Waals surface area contributed by atoms with Crippen molar-refractivity contribution in [2.24, 2.45) is 0 Å². The van der Waals surface area contributed by atoms with E-state index >= 15 is 0 Å². The molecule has 0 atom stereocenters. The zero-order valence-electron chi connectivity index (χ0n) is 12.6. The number of hydrogen-bond acceptors (Lipinski definition) is 4. The number of rotatable bonds is 9. The fraction of sp³-hybridized carbons (Fsp3) is 0.533. The lowest BCUT2D eigenvalue weighted by atomic mass is 10.1. The average molecular weight is 359 g/mol. The van der Waals surface area contributed by atoms with Crippen molar-refractivity contribution in [3.05, 3.63) is 27.7 Å². The van der Waals surface area contributed by atoms with Crippen molar-refractivity contribution in [1.82, 2.24) is 5.32 Å². The van der Waals surface area contributed by atoms with Crippen molar-refractivity contribution in [2.75, 3.05) is 39.2 Å². The normalized spacial score (nSPS) is 10.6. The van der Waals surface area contributed by atoms with Gasteiger partial charge < -0.3 is 20.5 Å². The van der Waals surface area contributed by atoms with E-state index in [1.54, 1.807) is 19.2 Å². The van der Waals surface area contributed by atoms with Crippen LogP contribution in [-0.2, 0) is 9.47 Å². The Hall–Kier alpha value is -1.11. The zero-order valence-corrected chi connectivity index (χ0v) is 14.2. The fourth-order valence-electron chi connectivity index (χ4n) is 1.81. The van der Waals surface area contributed by atoms with Crippen LogP contribution < -0.4 is 11.1 Å². The number of nitrogens with one attached hydrogen (secondary N) is 1. The van der Waals surface area contributed by atoms with Crippen molar-refractivity contribution in [3.63, 3.8) is 0 Å². The molecule has 0 aliphatic carbocycles. The van der Waals surface area contributed by atoms with Gasteiger partial charge in [-0.3, -0.25) is 4.79 Å². The van der Waals surface area contributed by atoms with Crippen molar-refractivity contribution in [3.8, 4) is 0 Å². The molecule has 5 nitrogen and oxygen atoms in total. The molecular weight excluding hydrogens is 336 g/mol. The van der Waals surface area contributed by atoms with Gasteiger partial charge in [0.2, 0.25) is 0 Å². The Labute approximate surface area is 134 Å². The second kappa shape index (κ2) is 9.76. The minimum Gasteiger partial charge on any atom is -0.398 e. The molecule has 6 heteroatoms. The summed E-state index contributed by atoms with van der Waals surface area (Å²) < 4.78 is 11.0. The molecule has 0 heterocycles. The van der Waals surface area contributed by atoms with Crippen LogP contribution in [-0.4, -0.2) is 39.4 Å². The molecule has 0 aliphatic rings. The lowest BCUT2D eigenvalue weighted by Gasteiger charge is -2.10. The molecule has 0 unspecified atom stereocenters. The van der Waals surface area contributed by atoms with E-state index in [4.69, 9.17) is 15.2 Å². The number of carbonyl (C=O) groups excluding carboxylic acids is 1. The van der Waals surface area contributed by atoms with Crippen LogP contribution in [0.3, 0.4) is 0 Å². The predicted molar refractivity (Wildman–Crippen MR) is 87.6 cm³/mol. The first kappa shape index (κ1) is 17.9. The summed E-state index contributed by atoms with van der Waals surface area (Å²) in [7, 11) is 1.65. The number of halogens is 1. The van der Waals surface area contributed by atoms with E-state index in [2.05, 4.69) is 21.2 Å². The van der Waals surface area contributed by atoms with E-state index in [0.717, 1.165) is 22.9 Å². The van der Waals surface area contributed by atoms with Gasteiger partial charge in [-0.1, -0.05) is 15.9 Å². The maximum atomic E-state index is 12.1. The molecule has 1 rings (SSSR count). The van der Waals surface area contributed by atoms with Crippen molar-refractivity contribution >= 4 is 27.5 Å². The summed E-state index contributed by atoms with van der Waals surface area (Å²) in [5.41, 5.74) is 7.88. The first-order valence-corrected chi connectivity index (χ1v) is 7.76. The van der Waals surface area contributed by atoms with E-state index in [1.807, 2.05) is 6.92 Å². The molecular formula is C15H23BrN2O3. The summed E-state index contributed by atoms with van der Waals surface area (Å²) in [6, 6.07) is 3.58. The smallest absolute Gasteiger partial charge is 0.251 e. The number of ether oxygens (including phenoxy) is 2. The van der Waals surface area contributed by atoms with Gasteiger partial charge in [0.15, 0.2) is 0 Å². The Bertz CT molecular complexity index is 466. The number of nitrogens with two attached hydrogens (primary N) is 1. The molecule has 1 aromatic rings. The summed E-state index contributed by atoms with van der Waals surface area (Å²) in [6.45, 7) is 4.38. The molecule has 0 saturated heterocycles. The van der Waals surface area contributed by atoms with Gasteiger partial charge in [-0.25, -0.2) is 0 Å². The quantitative estimate of drug-likeness (QED) is 0.525. The monoisotopic (exact) mass is 358 g/mol. The Morgan fingerprint density at radius 3 is 2.76 bits per heavy atom. The highest BCUT2D eigenvalue weighted by atomic mass is 79.9. The number of anilines is 1. The van der Waals surface area contributed by atoms with E-state index in [-0.39, 0.29) is 5.91 Å². The molecule has 21 heavy (non-hydrogen) atoms. The molecule has 0 saturated carbocycles.